The first-order valence-corrected chi connectivity index (χ1v) is 7.16. The molecule has 0 aliphatic carbocycles. The molecule has 2 aliphatic heterocycles. The lowest BCUT2D eigenvalue weighted by atomic mass is 10.3. The molecule has 0 bridgehead atoms. The molecular weight excluding hydrogens is 234 g/mol. The van der Waals surface area contributed by atoms with E-state index < -0.39 is 0 Å². The lowest BCUT2D eigenvalue weighted by Gasteiger charge is -2.19. The lowest BCUT2D eigenvalue weighted by Crippen LogP contribution is -2.23. The Morgan fingerprint density at radius 3 is 2.94 bits per heavy atom. The first-order chi connectivity index (χ1) is 8.42. The van der Waals surface area contributed by atoms with Gasteiger partial charge in [-0.25, -0.2) is 0 Å². The molecule has 1 fully saturated rings. The smallest absolute Gasteiger partial charge is 0.162 e. The van der Waals surface area contributed by atoms with Crippen LogP contribution in [0, 0.1) is 0 Å². The van der Waals surface area contributed by atoms with Crippen LogP contribution in [0.5, 0.6) is 11.5 Å². The molecule has 92 valence electrons. The zero-order chi connectivity index (χ0) is 11.5. The summed E-state index contributed by atoms with van der Waals surface area (Å²) in [5.41, 5.74) is 0. The van der Waals surface area contributed by atoms with Crippen LogP contribution in [0.25, 0.3) is 0 Å². The van der Waals surface area contributed by atoms with Crippen molar-refractivity contribution in [1.82, 2.24) is 5.32 Å². The molecule has 2 heterocycles. The van der Waals surface area contributed by atoms with Crippen molar-refractivity contribution in [3.8, 4) is 11.5 Å². The van der Waals surface area contributed by atoms with Crippen molar-refractivity contribution >= 4 is 11.8 Å². The second-order valence-electron chi connectivity index (χ2n) is 4.41. The van der Waals surface area contributed by atoms with Crippen molar-refractivity contribution in [2.75, 3.05) is 25.5 Å². The molecule has 4 heteroatoms. The van der Waals surface area contributed by atoms with Crippen LogP contribution in [0.3, 0.4) is 0 Å². The summed E-state index contributed by atoms with van der Waals surface area (Å²) in [5.74, 6) is 2.90. The van der Waals surface area contributed by atoms with Crippen LogP contribution in [0.15, 0.2) is 23.1 Å². The molecular formula is C13H17NO2S. The van der Waals surface area contributed by atoms with Gasteiger partial charge in [0.05, 0.1) is 0 Å². The topological polar surface area (TPSA) is 30.5 Å². The van der Waals surface area contributed by atoms with Gasteiger partial charge in [0, 0.05) is 16.7 Å². The third-order valence-corrected chi connectivity index (χ3v) is 4.28. The first-order valence-electron chi connectivity index (χ1n) is 6.18. The second-order valence-corrected chi connectivity index (χ2v) is 5.50. The Kier molecular flexibility index (Phi) is 3.43. The maximum atomic E-state index is 5.58. The minimum atomic E-state index is 0.658. The molecule has 0 amide bonds. The summed E-state index contributed by atoms with van der Waals surface area (Å²) in [6, 6.07) is 6.90. The minimum absolute atomic E-state index is 0.658. The Bertz CT molecular complexity index is 391. The highest BCUT2D eigenvalue weighted by Crippen LogP contribution is 2.34. The summed E-state index contributed by atoms with van der Waals surface area (Å²) in [5, 5.41) is 3.51. The van der Waals surface area contributed by atoms with E-state index in [9.17, 15) is 0 Å². The number of rotatable bonds is 3. The van der Waals surface area contributed by atoms with Gasteiger partial charge < -0.3 is 14.8 Å². The summed E-state index contributed by atoms with van der Waals surface area (Å²) in [4.78, 5) is 1.27. The Labute approximate surface area is 106 Å². The van der Waals surface area contributed by atoms with Gasteiger partial charge in [0.25, 0.3) is 0 Å². The number of fused-ring (bicyclic) bond motifs is 1. The van der Waals surface area contributed by atoms with Crippen LogP contribution in [0.2, 0.25) is 0 Å². The van der Waals surface area contributed by atoms with Gasteiger partial charge >= 0.3 is 0 Å². The molecule has 1 aromatic rings. The van der Waals surface area contributed by atoms with E-state index >= 15 is 0 Å². The largest absolute Gasteiger partial charge is 0.486 e. The Morgan fingerprint density at radius 2 is 2.12 bits per heavy atom. The van der Waals surface area contributed by atoms with E-state index in [0.717, 1.165) is 17.3 Å². The molecule has 0 saturated carbocycles. The highest BCUT2D eigenvalue weighted by atomic mass is 32.2. The van der Waals surface area contributed by atoms with Gasteiger partial charge in [-0.3, -0.25) is 0 Å². The molecule has 1 atom stereocenters. The van der Waals surface area contributed by atoms with Gasteiger partial charge in [0.15, 0.2) is 11.5 Å². The van der Waals surface area contributed by atoms with Gasteiger partial charge in [0.1, 0.15) is 13.2 Å². The Hall–Kier alpha value is -0.870. The van der Waals surface area contributed by atoms with Crippen LogP contribution < -0.4 is 14.8 Å². The fraction of sp³-hybridized carbons (Fsp3) is 0.538. The van der Waals surface area contributed by atoms with E-state index in [4.69, 9.17) is 9.47 Å². The van der Waals surface area contributed by atoms with Crippen LogP contribution in [-0.2, 0) is 0 Å². The van der Waals surface area contributed by atoms with Gasteiger partial charge in [-0.05, 0) is 37.6 Å². The molecule has 3 nitrogen and oxygen atoms in total. The fourth-order valence-corrected chi connectivity index (χ4v) is 3.24. The van der Waals surface area contributed by atoms with Crippen molar-refractivity contribution in [3.63, 3.8) is 0 Å². The molecule has 0 aromatic heterocycles. The van der Waals surface area contributed by atoms with Crippen molar-refractivity contribution < 1.29 is 9.47 Å². The monoisotopic (exact) mass is 251 g/mol. The average Bonchev–Trinajstić information content (AvgIpc) is 2.89. The zero-order valence-corrected chi connectivity index (χ0v) is 10.6. The van der Waals surface area contributed by atoms with E-state index in [2.05, 4.69) is 17.4 Å². The van der Waals surface area contributed by atoms with E-state index in [-0.39, 0.29) is 0 Å². The van der Waals surface area contributed by atoms with Gasteiger partial charge in [-0.15, -0.1) is 11.8 Å². The summed E-state index contributed by atoms with van der Waals surface area (Å²) in [6.45, 7) is 2.49. The minimum Gasteiger partial charge on any atom is -0.486 e. The molecule has 3 rings (SSSR count). The molecule has 1 N–H and O–H groups in total. The normalized spacial score (nSPS) is 22.7. The lowest BCUT2D eigenvalue weighted by molar-refractivity contribution is 0.171. The predicted molar refractivity (Wildman–Crippen MR) is 69.2 cm³/mol. The Morgan fingerprint density at radius 1 is 1.24 bits per heavy atom. The van der Waals surface area contributed by atoms with E-state index in [1.165, 1.54) is 24.3 Å². The van der Waals surface area contributed by atoms with E-state index in [1.807, 2.05) is 17.8 Å². The van der Waals surface area contributed by atoms with Crippen molar-refractivity contribution in [3.05, 3.63) is 18.2 Å². The number of nitrogens with one attached hydrogen (secondary N) is 1. The third-order valence-electron chi connectivity index (χ3n) is 3.13. The second kappa shape index (κ2) is 5.19. The summed E-state index contributed by atoms with van der Waals surface area (Å²) < 4.78 is 11.1. The number of ether oxygens (including phenoxy) is 2. The van der Waals surface area contributed by atoms with Crippen LogP contribution in [0.4, 0.5) is 0 Å². The third kappa shape index (κ3) is 2.69. The molecule has 2 aliphatic rings. The highest BCUT2D eigenvalue weighted by Gasteiger charge is 2.15. The average molecular weight is 251 g/mol. The molecule has 0 spiro atoms. The van der Waals surface area contributed by atoms with E-state index in [0.29, 0.717) is 19.3 Å². The van der Waals surface area contributed by atoms with Crippen LogP contribution >= 0.6 is 11.8 Å². The van der Waals surface area contributed by atoms with Gasteiger partial charge in [0.2, 0.25) is 0 Å². The first kappa shape index (κ1) is 11.2. The summed E-state index contributed by atoms with van der Waals surface area (Å²) in [6.07, 6.45) is 2.61. The van der Waals surface area contributed by atoms with Crippen LogP contribution in [0.1, 0.15) is 12.8 Å². The molecule has 0 radical (unpaired) electrons. The predicted octanol–water partition coefficient (Wildman–Crippen LogP) is 2.30. The van der Waals surface area contributed by atoms with Gasteiger partial charge in [-0.2, -0.15) is 0 Å². The number of thioether (sulfide) groups is 1. The maximum absolute atomic E-state index is 5.58. The number of benzene rings is 1. The standard InChI is InChI=1S/C13H17NO2S/c1-2-10(14-5-1)9-17-11-3-4-12-13(8-11)16-7-6-15-12/h3-4,8,10,14H,1-2,5-7,9H2/t10-/m1/s1. The zero-order valence-electron chi connectivity index (χ0n) is 9.78. The van der Waals surface area contributed by atoms with Crippen LogP contribution in [-0.4, -0.2) is 31.6 Å². The quantitative estimate of drug-likeness (QED) is 0.835. The van der Waals surface area contributed by atoms with Crippen molar-refractivity contribution in [2.24, 2.45) is 0 Å². The number of hydrogen-bond acceptors (Lipinski definition) is 4. The molecule has 0 unspecified atom stereocenters. The number of hydrogen-bond donors (Lipinski definition) is 1. The molecule has 17 heavy (non-hydrogen) atoms. The Balaban J connectivity index is 1.62. The maximum Gasteiger partial charge on any atom is 0.162 e. The van der Waals surface area contributed by atoms with E-state index in [1.54, 1.807) is 0 Å². The summed E-state index contributed by atoms with van der Waals surface area (Å²) in [7, 11) is 0. The fourth-order valence-electron chi connectivity index (χ4n) is 2.21. The van der Waals surface area contributed by atoms with Gasteiger partial charge in [-0.1, -0.05) is 0 Å². The highest BCUT2D eigenvalue weighted by molar-refractivity contribution is 7.99. The molecule has 1 saturated heterocycles. The SMILES string of the molecule is c1cc2c(cc1SC[C@H]1CCCN1)OCCO2. The van der Waals surface area contributed by atoms with Crippen molar-refractivity contribution in [2.45, 2.75) is 23.8 Å². The molecule has 1 aromatic carbocycles. The van der Waals surface area contributed by atoms with Crippen molar-refractivity contribution in [1.29, 1.82) is 0 Å². The summed E-state index contributed by atoms with van der Waals surface area (Å²) >= 11 is 1.89.